The highest BCUT2D eigenvalue weighted by Crippen LogP contribution is 2.46. The van der Waals surface area contributed by atoms with E-state index in [0.29, 0.717) is 4.58 Å². The molecule has 19 heavy (non-hydrogen) atoms. The fourth-order valence-corrected chi connectivity index (χ4v) is 5.64. The molecule has 0 bridgehead atoms. The maximum absolute atomic E-state index is 2.57. The van der Waals surface area contributed by atoms with Crippen molar-refractivity contribution in [2.75, 3.05) is 49.6 Å². The van der Waals surface area contributed by atoms with Gasteiger partial charge in [0.2, 0.25) is 0 Å². The van der Waals surface area contributed by atoms with Crippen LogP contribution in [0.5, 0.6) is 0 Å². The molecule has 2 aliphatic heterocycles. The third-order valence-electron chi connectivity index (χ3n) is 3.86. The summed E-state index contributed by atoms with van der Waals surface area (Å²) in [6.45, 7) is 4.68. The predicted octanol–water partition coefficient (Wildman–Crippen LogP) is 3.31. The number of anilines is 1. The molecule has 0 spiro atoms. The second kappa shape index (κ2) is 6.42. The van der Waals surface area contributed by atoms with E-state index in [-0.39, 0.29) is 0 Å². The Morgan fingerprint density at radius 2 is 1.68 bits per heavy atom. The molecule has 2 fully saturated rings. The number of hydrogen-bond acceptors (Lipinski definition) is 4. The van der Waals surface area contributed by atoms with E-state index in [4.69, 9.17) is 0 Å². The van der Waals surface area contributed by atoms with Gasteiger partial charge in [0.1, 0.15) is 0 Å². The first-order valence-corrected chi connectivity index (χ1v) is 9.20. The van der Waals surface area contributed by atoms with Crippen LogP contribution in [-0.4, -0.2) is 49.6 Å². The molecule has 4 heteroatoms. The lowest BCUT2D eigenvalue weighted by atomic mass is 10.1. The average molecular weight is 294 g/mol. The Kier molecular flexibility index (Phi) is 4.61. The molecule has 2 saturated heterocycles. The van der Waals surface area contributed by atoms with Crippen LogP contribution in [0.1, 0.15) is 16.6 Å². The molecule has 1 aromatic rings. The second-order valence-corrected chi connectivity index (χ2v) is 8.00. The first kappa shape index (κ1) is 13.7. The van der Waals surface area contributed by atoms with Crippen molar-refractivity contribution in [2.45, 2.75) is 11.0 Å². The summed E-state index contributed by atoms with van der Waals surface area (Å²) in [6.07, 6.45) is 1.36. The number of likely N-dealkylation sites (N-methyl/N-ethyl adjacent to an activating group) is 1. The smallest absolute Gasteiger partial charge is 0.0771 e. The molecule has 1 aromatic carbocycles. The van der Waals surface area contributed by atoms with Gasteiger partial charge in [-0.2, -0.15) is 0 Å². The van der Waals surface area contributed by atoms with Gasteiger partial charge < -0.3 is 9.80 Å². The van der Waals surface area contributed by atoms with E-state index < -0.39 is 0 Å². The monoisotopic (exact) mass is 294 g/mol. The normalized spacial score (nSPS) is 22.7. The number of nitrogens with zero attached hydrogens (tertiary/aromatic N) is 2. The molecule has 0 radical (unpaired) electrons. The fourth-order valence-electron chi connectivity index (χ4n) is 2.69. The first-order valence-electron chi connectivity index (χ1n) is 7.10. The summed E-state index contributed by atoms with van der Waals surface area (Å²) >= 11 is 4.24. The Hall–Kier alpha value is -0.320. The Labute approximate surface area is 124 Å². The van der Waals surface area contributed by atoms with Gasteiger partial charge in [0.15, 0.2) is 0 Å². The van der Waals surface area contributed by atoms with Gasteiger partial charge in [-0.3, -0.25) is 0 Å². The average Bonchev–Trinajstić information content (AvgIpc) is 2.49. The lowest BCUT2D eigenvalue weighted by molar-refractivity contribution is 0.312. The van der Waals surface area contributed by atoms with Crippen molar-refractivity contribution in [3.63, 3.8) is 0 Å². The number of rotatable bonds is 2. The van der Waals surface area contributed by atoms with Gasteiger partial charge in [0, 0.05) is 31.9 Å². The second-order valence-electron chi connectivity index (χ2n) is 5.28. The summed E-state index contributed by atoms with van der Waals surface area (Å²) in [6, 6.07) is 9.04. The van der Waals surface area contributed by atoms with Crippen molar-refractivity contribution in [3.05, 3.63) is 29.8 Å². The zero-order valence-electron chi connectivity index (χ0n) is 11.5. The van der Waals surface area contributed by atoms with Crippen molar-refractivity contribution in [1.82, 2.24) is 4.90 Å². The van der Waals surface area contributed by atoms with E-state index in [0.717, 1.165) is 13.1 Å². The molecule has 2 aliphatic rings. The molecule has 0 unspecified atom stereocenters. The van der Waals surface area contributed by atoms with E-state index in [1.54, 1.807) is 5.56 Å². The van der Waals surface area contributed by atoms with Crippen LogP contribution in [0.15, 0.2) is 24.3 Å². The summed E-state index contributed by atoms with van der Waals surface area (Å²) < 4.78 is 0.643. The first-order chi connectivity index (χ1) is 9.34. The van der Waals surface area contributed by atoms with Gasteiger partial charge in [-0.1, -0.05) is 18.2 Å². The quantitative estimate of drug-likeness (QED) is 0.825. The van der Waals surface area contributed by atoms with Crippen molar-refractivity contribution in [2.24, 2.45) is 0 Å². The number of thioether (sulfide) groups is 2. The number of piperazine rings is 1. The zero-order valence-corrected chi connectivity index (χ0v) is 13.2. The van der Waals surface area contributed by atoms with Gasteiger partial charge >= 0.3 is 0 Å². The molecule has 0 N–H and O–H groups in total. The zero-order chi connectivity index (χ0) is 13.1. The summed E-state index contributed by atoms with van der Waals surface area (Å²) in [7, 11) is 2.22. The third-order valence-corrected chi connectivity index (χ3v) is 6.84. The summed E-state index contributed by atoms with van der Waals surface area (Å²) in [5.74, 6) is 2.63. The molecule has 2 heterocycles. The molecule has 0 saturated carbocycles. The Balaban J connectivity index is 1.80. The van der Waals surface area contributed by atoms with Crippen LogP contribution >= 0.6 is 23.5 Å². The predicted molar refractivity (Wildman–Crippen MR) is 88.4 cm³/mol. The van der Waals surface area contributed by atoms with Gasteiger partial charge in [-0.25, -0.2) is 0 Å². The SMILES string of the molecule is CN1CCN(c2ccccc2C2SCCCS2)CC1. The minimum atomic E-state index is 0.643. The summed E-state index contributed by atoms with van der Waals surface area (Å²) in [5.41, 5.74) is 3.02. The minimum absolute atomic E-state index is 0.643. The van der Waals surface area contributed by atoms with Crippen molar-refractivity contribution in [1.29, 1.82) is 0 Å². The van der Waals surface area contributed by atoms with Gasteiger partial charge in [0.05, 0.1) is 4.58 Å². The molecule has 2 nitrogen and oxygen atoms in total. The van der Waals surface area contributed by atoms with Crippen LogP contribution in [0.4, 0.5) is 5.69 Å². The van der Waals surface area contributed by atoms with Crippen LogP contribution in [0.3, 0.4) is 0 Å². The van der Waals surface area contributed by atoms with E-state index in [2.05, 4.69) is 64.6 Å². The number of benzene rings is 1. The topological polar surface area (TPSA) is 6.48 Å². The summed E-state index contributed by atoms with van der Waals surface area (Å²) in [4.78, 5) is 4.99. The number of hydrogen-bond donors (Lipinski definition) is 0. The maximum atomic E-state index is 2.57. The lowest BCUT2D eigenvalue weighted by Crippen LogP contribution is -2.44. The van der Waals surface area contributed by atoms with Crippen molar-refractivity contribution >= 4 is 29.2 Å². The van der Waals surface area contributed by atoms with E-state index >= 15 is 0 Å². The van der Waals surface area contributed by atoms with E-state index in [1.807, 2.05) is 0 Å². The highest BCUT2D eigenvalue weighted by atomic mass is 32.2. The Morgan fingerprint density at radius 1 is 1.00 bits per heavy atom. The van der Waals surface area contributed by atoms with E-state index in [1.165, 1.54) is 36.7 Å². The lowest BCUT2D eigenvalue weighted by Gasteiger charge is -2.36. The number of para-hydroxylation sites is 1. The highest BCUT2D eigenvalue weighted by molar-refractivity contribution is 8.16. The van der Waals surface area contributed by atoms with Crippen molar-refractivity contribution in [3.8, 4) is 0 Å². The van der Waals surface area contributed by atoms with Crippen LogP contribution in [0.25, 0.3) is 0 Å². The van der Waals surface area contributed by atoms with Crippen LogP contribution in [-0.2, 0) is 0 Å². The molecule has 104 valence electrons. The standard InChI is InChI=1S/C15H22N2S2/c1-16-7-9-17(10-8-16)14-6-3-2-5-13(14)15-18-11-4-12-19-15/h2-3,5-6,15H,4,7-12H2,1H3. The van der Waals surface area contributed by atoms with Gasteiger partial charge in [0.25, 0.3) is 0 Å². The van der Waals surface area contributed by atoms with Crippen LogP contribution in [0.2, 0.25) is 0 Å². The Morgan fingerprint density at radius 3 is 2.42 bits per heavy atom. The fraction of sp³-hybridized carbons (Fsp3) is 0.600. The summed E-state index contributed by atoms with van der Waals surface area (Å²) in [5, 5.41) is 0. The third kappa shape index (κ3) is 3.23. The molecule has 0 aliphatic carbocycles. The van der Waals surface area contributed by atoms with Crippen molar-refractivity contribution < 1.29 is 0 Å². The highest BCUT2D eigenvalue weighted by Gasteiger charge is 2.23. The van der Waals surface area contributed by atoms with Gasteiger partial charge in [-0.15, -0.1) is 23.5 Å². The van der Waals surface area contributed by atoms with Crippen LogP contribution in [0, 0.1) is 0 Å². The molecular weight excluding hydrogens is 272 g/mol. The Bertz CT molecular complexity index is 410. The molecule has 0 amide bonds. The molecule has 0 aromatic heterocycles. The minimum Gasteiger partial charge on any atom is -0.369 e. The van der Waals surface area contributed by atoms with Crippen LogP contribution < -0.4 is 4.90 Å². The largest absolute Gasteiger partial charge is 0.369 e. The van der Waals surface area contributed by atoms with Gasteiger partial charge in [-0.05, 0) is 36.6 Å². The molecular formula is C15H22N2S2. The van der Waals surface area contributed by atoms with E-state index in [9.17, 15) is 0 Å². The molecule has 3 rings (SSSR count). The maximum Gasteiger partial charge on any atom is 0.0771 e. The molecule has 0 atom stereocenters.